The first-order chi connectivity index (χ1) is 9.90. The molecule has 1 aromatic carbocycles. The molecule has 0 aliphatic heterocycles. The van der Waals surface area contributed by atoms with E-state index in [9.17, 15) is 8.42 Å². The van der Waals surface area contributed by atoms with Crippen LogP contribution in [0.1, 0.15) is 6.92 Å². The second-order valence-corrected chi connectivity index (χ2v) is 6.85. The van der Waals surface area contributed by atoms with Gasteiger partial charge in [-0.15, -0.1) is 0 Å². The fourth-order valence-corrected chi connectivity index (χ4v) is 3.31. The van der Waals surface area contributed by atoms with E-state index >= 15 is 0 Å². The summed E-state index contributed by atoms with van der Waals surface area (Å²) in [5.41, 5.74) is 0.721. The van der Waals surface area contributed by atoms with Gasteiger partial charge in [-0.25, -0.2) is 13.4 Å². The standard InChI is InChI=1S/C14H19N3O3S/c1-10(9-18)17(3)21(19,20)12-5-6-13-11(8-12)4-7-14(15-2)16-13/h4-8,10,18H,9H2,1-3H3,(H,15,16). The number of nitrogens with zero attached hydrogens (tertiary/aromatic N) is 2. The Balaban J connectivity index is 2.47. The predicted molar refractivity (Wildman–Crippen MR) is 82.8 cm³/mol. The molecule has 0 radical (unpaired) electrons. The van der Waals surface area contributed by atoms with Gasteiger partial charge < -0.3 is 10.4 Å². The summed E-state index contributed by atoms with van der Waals surface area (Å²) in [4.78, 5) is 4.54. The van der Waals surface area contributed by atoms with Crippen molar-refractivity contribution in [1.29, 1.82) is 0 Å². The monoisotopic (exact) mass is 309 g/mol. The van der Waals surface area contributed by atoms with Gasteiger partial charge in [-0.05, 0) is 37.3 Å². The maximum atomic E-state index is 12.5. The van der Waals surface area contributed by atoms with Crippen molar-refractivity contribution in [2.45, 2.75) is 17.9 Å². The molecular weight excluding hydrogens is 290 g/mol. The average molecular weight is 309 g/mol. The quantitative estimate of drug-likeness (QED) is 0.869. The molecule has 1 heterocycles. The van der Waals surface area contributed by atoms with Crippen LogP contribution in [0.5, 0.6) is 0 Å². The van der Waals surface area contributed by atoms with Crippen molar-refractivity contribution in [3.8, 4) is 0 Å². The van der Waals surface area contributed by atoms with Crippen LogP contribution in [0, 0.1) is 0 Å². The molecular formula is C14H19N3O3S. The SMILES string of the molecule is CNc1ccc2cc(S(=O)(=O)N(C)C(C)CO)ccc2n1. The van der Waals surface area contributed by atoms with Gasteiger partial charge in [-0.3, -0.25) is 0 Å². The lowest BCUT2D eigenvalue weighted by atomic mass is 10.2. The highest BCUT2D eigenvalue weighted by Gasteiger charge is 2.25. The van der Waals surface area contributed by atoms with Gasteiger partial charge in [0.2, 0.25) is 10.0 Å². The molecule has 6 nitrogen and oxygen atoms in total. The van der Waals surface area contributed by atoms with Crippen LogP contribution in [0.15, 0.2) is 35.2 Å². The predicted octanol–water partition coefficient (Wildman–Crippen LogP) is 1.28. The van der Waals surface area contributed by atoms with Gasteiger partial charge in [0.15, 0.2) is 0 Å². The Kier molecular flexibility index (Phi) is 4.46. The van der Waals surface area contributed by atoms with Crippen LogP contribution in [0.3, 0.4) is 0 Å². The number of aliphatic hydroxyl groups excluding tert-OH is 1. The van der Waals surface area contributed by atoms with E-state index < -0.39 is 16.1 Å². The number of aromatic nitrogens is 1. The fraction of sp³-hybridized carbons (Fsp3) is 0.357. The van der Waals surface area contributed by atoms with E-state index in [0.29, 0.717) is 0 Å². The van der Waals surface area contributed by atoms with Crippen LogP contribution in [-0.2, 0) is 10.0 Å². The lowest BCUT2D eigenvalue weighted by Gasteiger charge is -2.22. The van der Waals surface area contributed by atoms with Crippen LogP contribution >= 0.6 is 0 Å². The van der Waals surface area contributed by atoms with E-state index in [1.807, 2.05) is 6.07 Å². The first kappa shape index (κ1) is 15.7. The Morgan fingerprint density at radius 3 is 2.67 bits per heavy atom. The van der Waals surface area contributed by atoms with Crippen molar-refractivity contribution in [3.63, 3.8) is 0 Å². The Hall–Kier alpha value is -1.70. The van der Waals surface area contributed by atoms with Gasteiger partial charge in [0.25, 0.3) is 0 Å². The van der Waals surface area contributed by atoms with Crippen LogP contribution in [0.2, 0.25) is 0 Å². The molecule has 114 valence electrons. The maximum Gasteiger partial charge on any atom is 0.243 e. The molecule has 0 bridgehead atoms. The second kappa shape index (κ2) is 5.97. The molecule has 2 N–H and O–H groups in total. The number of likely N-dealkylation sites (N-methyl/N-ethyl adjacent to an activating group) is 1. The maximum absolute atomic E-state index is 12.5. The molecule has 1 unspecified atom stereocenters. The summed E-state index contributed by atoms with van der Waals surface area (Å²) in [6.45, 7) is 1.43. The number of fused-ring (bicyclic) bond motifs is 1. The summed E-state index contributed by atoms with van der Waals surface area (Å²) >= 11 is 0. The number of rotatable bonds is 5. The molecule has 0 saturated carbocycles. The van der Waals surface area contributed by atoms with Gasteiger partial charge in [0.1, 0.15) is 5.82 Å². The van der Waals surface area contributed by atoms with E-state index in [2.05, 4.69) is 10.3 Å². The molecule has 2 rings (SSSR count). The summed E-state index contributed by atoms with van der Waals surface area (Å²) in [6, 6.07) is 7.94. The highest BCUT2D eigenvalue weighted by Crippen LogP contribution is 2.22. The minimum absolute atomic E-state index is 0.191. The Morgan fingerprint density at radius 2 is 2.05 bits per heavy atom. The van der Waals surface area contributed by atoms with E-state index in [1.165, 1.54) is 17.4 Å². The molecule has 0 spiro atoms. The molecule has 0 aliphatic carbocycles. The molecule has 1 atom stereocenters. The smallest absolute Gasteiger partial charge is 0.243 e. The second-order valence-electron chi connectivity index (χ2n) is 4.85. The molecule has 7 heteroatoms. The van der Waals surface area contributed by atoms with Gasteiger partial charge in [0.05, 0.1) is 17.0 Å². The molecule has 0 fully saturated rings. The number of pyridine rings is 1. The fourth-order valence-electron chi connectivity index (χ4n) is 1.92. The first-order valence-corrected chi connectivity index (χ1v) is 8.01. The van der Waals surface area contributed by atoms with Gasteiger partial charge >= 0.3 is 0 Å². The molecule has 0 saturated heterocycles. The summed E-state index contributed by atoms with van der Waals surface area (Å²) in [5, 5.41) is 12.8. The van der Waals surface area contributed by atoms with E-state index in [-0.39, 0.29) is 11.5 Å². The number of anilines is 1. The van der Waals surface area contributed by atoms with Gasteiger partial charge in [0, 0.05) is 25.5 Å². The Bertz CT molecular complexity index is 746. The zero-order valence-electron chi connectivity index (χ0n) is 12.2. The Morgan fingerprint density at radius 1 is 1.33 bits per heavy atom. The topological polar surface area (TPSA) is 82.5 Å². The minimum Gasteiger partial charge on any atom is -0.395 e. The number of hydrogen-bond donors (Lipinski definition) is 2. The third-order valence-corrected chi connectivity index (χ3v) is 5.45. The van der Waals surface area contributed by atoms with Crippen molar-refractivity contribution in [3.05, 3.63) is 30.3 Å². The van der Waals surface area contributed by atoms with Crippen molar-refractivity contribution in [2.75, 3.05) is 26.0 Å². The number of hydrogen-bond acceptors (Lipinski definition) is 5. The summed E-state index contributed by atoms with van der Waals surface area (Å²) < 4.78 is 26.1. The van der Waals surface area contributed by atoms with Crippen molar-refractivity contribution >= 4 is 26.7 Å². The van der Waals surface area contributed by atoms with E-state index in [1.54, 1.807) is 32.2 Å². The zero-order valence-corrected chi connectivity index (χ0v) is 13.1. The number of benzene rings is 1. The van der Waals surface area contributed by atoms with Gasteiger partial charge in [-0.1, -0.05) is 0 Å². The minimum atomic E-state index is -3.63. The lowest BCUT2D eigenvalue weighted by molar-refractivity contribution is 0.214. The van der Waals surface area contributed by atoms with Crippen molar-refractivity contribution in [1.82, 2.24) is 9.29 Å². The zero-order chi connectivity index (χ0) is 15.6. The third kappa shape index (κ3) is 2.99. The summed E-state index contributed by atoms with van der Waals surface area (Å²) in [6.07, 6.45) is 0. The van der Waals surface area contributed by atoms with Crippen LogP contribution in [-0.4, -0.2) is 49.6 Å². The first-order valence-electron chi connectivity index (χ1n) is 6.57. The van der Waals surface area contributed by atoms with Crippen molar-refractivity contribution in [2.24, 2.45) is 0 Å². The van der Waals surface area contributed by atoms with Crippen molar-refractivity contribution < 1.29 is 13.5 Å². The van der Waals surface area contributed by atoms with E-state index in [4.69, 9.17) is 5.11 Å². The average Bonchev–Trinajstić information content (AvgIpc) is 2.52. The third-order valence-electron chi connectivity index (χ3n) is 3.48. The number of aliphatic hydroxyl groups is 1. The van der Waals surface area contributed by atoms with E-state index in [0.717, 1.165) is 16.7 Å². The van der Waals surface area contributed by atoms with Crippen LogP contribution < -0.4 is 5.32 Å². The number of nitrogens with one attached hydrogen (secondary N) is 1. The Labute approximate surface area is 124 Å². The molecule has 0 amide bonds. The largest absolute Gasteiger partial charge is 0.395 e. The molecule has 21 heavy (non-hydrogen) atoms. The number of sulfonamides is 1. The highest BCUT2D eigenvalue weighted by molar-refractivity contribution is 7.89. The molecule has 1 aromatic heterocycles. The molecule has 2 aromatic rings. The molecule has 0 aliphatic rings. The van der Waals surface area contributed by atoms with Gasteiger partial charge in [-0.2, -0.15) is 4.31 Å². The normalized spacial score (nSPS) is 13.6. The van der Waals surface area contributed by atoms with Crippen LogP contribution in [0.25, 0.3) is 10.9 Å². The highest BCUT2D eigenvalue weighted by atomic mass is 32.2. The van der Waals surface area contributed by atoms with Crippen LogP contribution in [0.4, 0.5) is 5.82 Å². The summed E-state index contributed by atoms with van der Waals surface area (Å²) in [7, 11) is -0.390. The lowest BCUT2D eigenvalue weighted by Crippen LogP contribution is -2.37. The summed E-state index contributed by atoms with van der Waals surface area (Å²) in [5.74, 6) is 0.726.